The molecule has 0 unspecified atom stereocenters. The van der Waals surface area contributed by atoms with Crippen LogP contribution in [-0.4, -0.2) is 40.4 Å². The topological polar surface area (TPSA) is 144 Å². The van der Waals surface area contributed by atoms with E-state index in [2.05, 4.69) is 15.5 Å². The largest absolute Gasteiger partial charge is 0.473 e. The number of carbonyl (C=O) groups is 1. The maximum atomic E-state index is 12.9. The number of nitriles is 1. The maximum Gasteiger partial charge on any atom is 0.263 e. The van der Waals surface area contributed by atoms with Crippen LogP contribution < -0.4 is 15.6 Å². The lowest BCUT2D eigenvalue weighted by Gasteiger charge is -2.15. The Morgan fingerprint density at radius 3 is 2.64 bits per heavy atom. The Kier molecular flexibility index (Phi) is 5.82. The molecular formula is C21H18ClN5O5S. The summed E-state index contributed by atoms with van der Waals surface area (Å²) in [6.45, 7) is -0.0443. The number of ether oxygens (including phenoxy) is 1. The molecule has 2 aromatic heterocycles. The van der Waals surface area contributed by atoms with E-state index in [1.165, 1.54) is 23.9 Å². The number of aryl methyl sites for hydroxylation is 1. The Hall–Kier alpha value is -3.49. The van der Waals surface area contributed by atoms with E-state index in [1.807, 2.05) is 6.07 Å². The number of nitrogens with one attached hydrogen (secondary N) is 1. The van der Waals surface area contributed by atoms with Crippen molar-refractivity contribution in [2.24, 2.45) is 7.05 Å². The number of pyridine rings is 1. The van der Waals surface area contributed by atoms with Gasteiger partial charge in [0.05, 0.1) is 17.8 Å². The summed E-state index contributed by atoms with van der Waals surface area (Å²) in [6, 6.07) is 10.1. The lowest BCUT2D eigenvalue weighted by molar-refractivity contribution is 0.0949. The highest BCUT2D eigenvalue weighted by molar-refractivity contribution is 8.15. The Bertz CT molecular complexity index is 1460. The van der Waals surface area contributed by atoms with Gasteiger partial charge in [-0.1, -0.05) is 12.1 Å². The van der Waals surface area contributed by atoms with Crippen molar-refractivity contribution in [2.75, 3.05) is 6.61 Å². The number of halogens is 1. The lowest BCUT2D eigenvalue weighted by atomic mass is 10.1. The molecule has 12 heteroatoms. The van der Waals surface area contributed by atoms with E-state index in [-0.39, 0.29) is 30.1 Å². The zero-order chi connectivity index (χ0) is 23.8. The maximum absolute atomic E-state index is 12.9. The molecule has 0 atom stereocenters. The molecule has 3 aromatic rings. The second kappa shape index (κ2) is 8.46. The third kappa shape index (κ3) is 4.40. The quantitative estimate of drug-likeness (QED) is 0.495. The number of amides is 1. The molecule has 1 amide bonds. The summed E-state index contributed by atoms with van der Waals surface area (Å²) >= 11 is 0. The first kappa shape index (κ1) is 22.7. The Morgan fingerprint density at radius 1 is 1.33 bits per heavy atom. The highest BCUT2D eigenvalue weighted by Crippen LogP contribution is 2.46. The van der Waals surface area contributed by atoms with Gasteiger partial charge in [0.25, 0.3) is 17.3 Å². The first-order valence-corrected chi connectivity index (χ1v) is 12.2. The number of hydrogen-bond acceptors (Lipinski definition) is 8. The number of rotatable bonds is 7. The third-order valence-electron chi connectivity index (χ3n) is 5.57. The molecule has 1 aliphatic rings. The van der Waals surface area contributed by atoms with E-state index in [0.29, 0.717) is 23.8 Å². The van der Waals surface area contributed by atoms with Crippen LogP contribution in [0.15, 0.2) is 41.3 Å². The van der Waals surface area contributed by atoms with Crippen LogP contribution in [0.1, 0.15) is 34.3 Å². The normalized spacial score (nSPS) is 14.5. The van der Waals surface area contributed by atoms with Gasteiger partial charge >= 0.3 is 0 Å². The lowest BCUT2D eigenvalue weighted by Crippen LogP contribution is -2.32. The summed E-state index contributed by atoms with van der Waals surface area (Å²) in [6.07, 6.45) is 2.13. The standard InChI is InChI=1S/C21H18ClN5O5S/c1-27-17-15(11-25-26-19(17)32-12-21(6-7-21)33(22,30)31)8-16(20(27)29)18(28)24-10-14-4-2-13(9-23)3-5-14/h2-5,8,11H,6-7,10,12H2,1H3,(H,24,28). The Morgan fingerprint density at radius 2 is 2.03 bits per heavy atom. The molecule has 0 bridgehead atoms. The highest BCUT2D eigenvalue weighted by atomic mass is 35.7. The van der Waals surface area contributed by atoms with Gasteiger partial charge in [0.1, 0.15) is 22.4 Å². The average molecular weight is 488 g/mol. The number of fused-ring (bicyclic) bond motifs is 1. The smallest absolute Gasteiger partial charge is 0.263 e. The minimum Gasteiger partial charge on any atom is -0.473 e. The predicted octanol–water partition coefficient (Wildman–Crippen LogP) is 1.61. The monoisotopic (exact) mass is 487 g/mol. The van der Waals surface area contributed by atoms with E-state index in [0.717, 1.165) is 5.56 Å². The van der Waals surface area contributed by atoms with Gasteiger partial charge in [-0.3, -0.25) is 9.59 Å². The third-order valence-corrected chi connectivity index (χ3v) is 8.11. The van der Waals surface area contributed by atoms with Crippen LogP contribution >= 0.6 is 10.7 Å². The van der Waals surface area contributed by atoms with E-state index in [1.54, 1.807) is 24.3 Å². The van der Waals surface area contributed by atoms with Crippen LogP contribution in [0.25, 0.3) is 10.9 Å². The van der Waals surface area contributed by atoms with Crippen molar-refractivity contribution in [3.05, 3.63) is 63.6 Å². The van der Waals surface area contributed by atoms with Gasteiger partial charge < -0.3 is 14.6 Å². The van der Waals surface area contributed by atoms with Crippen molar-refractivity contribution in [3.8, 4) is 11.9 Å². The Labute approximate surface area is 193 Å². The van der Waals surface area contributed by atoms with Crippen molar-refractivity contribution in [1.29, 1.82) is 5.26 Å². The van der Waals surface area contributed by atoms with Gasteiger partial charge in [0.2, 0.25) is 9.05 Å². The van der Waals surface area contributed by atoms with Crippen LogP contribution in [0, 0.1) is 11.3 Å². The zero-order valence-corrected chi connectivity index (χ0v) is 19.0. The van der Waals surface area contributed by atoms with Crippen molar-refractivity contribution in [2.45, 2.75) is 24.1 Å². The number of carbonyl (C=O) groups excluding carboxylic acids is 1. The summed E-state index contributed by atoms with van der Waals surface area (Å²) < 4.78 is 29.2. The minimum absolute atomic E-state index is 0.0248. The Balaban J connectivity index is 1.58. The van der Waals surface area contributed by atoms with Gasteiger partial charge in [0, 0.05) is 29.7 Å². The molecule has 1 aliphatic carbocycles. The molecule has 33 heavy (non-hydrogen) atoms. The fraction of sp³-hybridized carbons (Fsp3) is 0.286. The van der Waals surface area contributed by atoms with Crippen LogP contribution in [-0.2, 0) is 22.6 Å². The molecular weight excluding hydrogens is 470 g/mol. The highest BCUT2D eigenvalue weighted by Gasteiger charge is 2.55. The molecule has 0 radical (unpaired) electrons. The fourth-order valence-corrected chi connectivity index (χ4v) is 4.74. The molecule has 0 aliphatic heterocycles. The van der Waals surface area contributed by atoms with Crippen LogP contribution in [0.4, 0.5) is 0 Å². The molecule has 1 fully saturated rings. The first-order chi connectivity index (χ1) is 15.6. The number of benzene rings is 1. The van der Waals surface area contributed by atoms with E-state index < -0.39 is 25.3 Å². The predicted molar refractivity (Wildman–Crippen MR) is 119 cm³/mol. The molecule has 1 aromatic carbocycles. The minimum atomic E-state index is -3.82. The molecule has 0 saturated heterocycles. The second-order valence-electron chi connectivity index (χ2n) is 7.78. The number of nitrogens with zero attached hydrogens (tertiary/aromatic N) is 4. The molecule has 10 nitrogen and oxygen atoms in total. The molecule has 1 N–H and O–H groups in total. The summed E-state index contributed by atoms with van der Waals surface area (Å²) in [7, 11) is 3.15. The van der Waals surface area contributed by atoms with Crippen molar-refractivity contribution < 1.29 is 17.9 Å². The van der Waals surface area contributed by atoms with Crippen molar-refractivity contribution in [1.82, 2.24) is 20.1 Å². The van der Waals surface area contributed by atoms with Gasteiger partial charge in [-0.15, -0.1) is 5.10 Å². The average Bonchev–Trinajstić information content (AvgIpc) is 3.60. The van der Waals surface area contributed by atoms with Crippen LogP contribution in [0.5, 0.6) is 5.88 Å². The molecule has 170 valence electrons. The SMILES string of the molecule is Cn1c(=O)c(C(=O)NCc2ccc(C#N)cc2)cc2cnnc(OCC3(S(=O)(=O)Cl)CC3)c21. The molecule has 2 heterocycles. The van der Waals surface area contributed by atoms with Crippen molar-refractivity contribution in [3.63, 3.8) is 0 Å². The number of aromatic nitrogens is 3. The zero-order valence-electron chi connectivity index (χ0n) is 17.4. The molecule has 0 spiro atoms. The number of hydrogen-bond donors (Lipinski definition) is 1. The van der Waals surface area contributed by atoms with E-state index in [4.69, 9.17) is 20.7 Å². The summed E-state index contributed by atoms with van der Waals surface area (Å²) in [5.41, 5.74) is 0.874. The van der Waals surface area contributed by atoms with E-state index >= 15 is 0 Å². The molecule has 1 saturated carbocycles. The van der Waals surface area contributed by atoms with E-state index in [9.17, 15) is 18.0 Å². The first-order valence-electron chi connectivity index (χ1n) is 9.85. The fourth-order valence-electron chi connectivity index (χ4n) is 3.35. The summed E-state index contributed by atoms with van der Waals surface area (Å²) in [4.78, 5) is 25.6. The van der Waals surface area contributed by atoms with Crippen LogP contribution in [0.3, 0.4) is 0 Å². The van der Waals surface area contributed by atoms with Crippen molar-refractivity contribution >= 4 is 36.5 Å². The summed E-state index contributed by atoms with van der Waals surface area (Å²) in [5.74, 6) is -0.602. The summed E-state index contributed by atoms with van der Waals surface area (Å²) in [5, 5.41) is 19.7. The van der Waals surface area contributed by atoms with Gasteiger partial charge in [-0.2, -0.15) is 10.4 Å². The second-order valence-corrected chi connectivity index (χ2v) is 10.7. The van der Waals surface area contributed by atoms with Crippen LogP contribution in [0.2, 0.25) is 0 Å². The van der Waals surface area contributed by atoms with Gasteiger partial charge in [-0.05, 0) is 36.6 Å². The van der Waals surface area contributed by atoms with Gasteiger partial charge in [-0.25, -0.2) is 8.42 Å². The molecule has 4 rings (SSSR count). The van der Waals surface area contributed by atoms with Gasteiger partial charge in [0.15, 0.2) is 0 Å².